The zero-order valence-corrected chi connectivity index (χ0v) is 12.0. The second-order valence-corrected chi connectivity index (χ2v) is 6.57. The van der Waals surface area contributed by atoms with Gasteiger partial charge in [-0.3, -0.25) is 0 Å². The first-order valence-electron chi connectivity index (χ1n) is 4.97. The monoisotopic (exact) mass is 291 g/mol. The zero-order chi connectivity index (χ0) is 11.5. The first-order valence-corrected chi connectivity index (χ1v) is 6.99. The highest BCUT2D eigenvalue weighted by Gasteiger charge is 2.19. The lowest BCUT2D eigenvalue weighted by Crippen LogP contribution is -2.33. The molecule has 0 aliphatic rings. The van der Waals surface area contributed by atoms with Crippen LogP contribution in [0.1, 0.15) is 32.6 Å². The molecule has 4 heteroatoms. The third kappa shape index (κ3) is 3.85. The van der Waals surface area contributed by atoms with Crippen molar-refractivity contribution in [2.45, 2.75) is 31.6 Å². The molecule has 0 aliphatic heterocycles. The molecule has 1 heterocycles. The molecule has 86 valence electrons. The van der Waals surface area contributed by atoms with Crippen molar-refractivity contribution in [3.05, 3.63) is 22.6 Å². The lowest BCUT2D eigenvalue weighted by Gasteiger charge is -2.24. The van der Waals surface area contributed by atoms with Crippen LogP contribution >= 0.6 is 27.7 Å². The van der Waals surface area contributed by atoms with Gasteiger partial charge in [0.1, 0.15) is 5.76 Å². The summed E-state index contributed by atoms with van der Waals surface area (Å²) in [7, 11) is 0. The van der Waals surface area contributed by atoms with Crippen LogP contribution in [0.4, 0.5) is 0 Å². The van der Waals surface area contributed by atoms with E-state index < -0.39 is 0 Å². The maximum atomic E-state index is 5.41. The van der Waals surface area contributed by atoms with Crippen molar-refractivity contribution >= 4 is 27.7 Å². The van der Waals surface area contributed by atoms with Gasteiger partial charge in [-0.2, -0.15) is 11.8 Å². The predicted octanol–water partition coefficient (Wildman–Crippen LogP) is 3.83. The van der Waals surface area contributed by atoms with Gasteiger partial charge in [-0.15, -0.1) is 0 Å². The molecule has 1 aromatic rings. The van der Waals surface area contributed by atoms with Gasteiger partial charge in [0.05, 0.1) is 16.8 Å². The van der Waals surface area contributed by atoms with E-state index in [0.717, 1.165) is 16.8 Å². The number of thioether (sulfide) groups is 1. The van der Waals surface area contributed by atoms with E-state index in [1.54, 1.807) is 6.26 Å². The second-order valence-electron chi connectivity index (χ2n) is 4.20. The molecule has 1 aromatic heterocycles. The fourth-order valence-electron chi connectivity index (χ4n) is 1.18. The summed E-state index contributed by atoms with van der Waals surface area (Å²) in [6.07, 6.45) is 3.84. The summed E-state index contributed by atoms with van der Waals surface area (Å²) >= 11 is 5.33. The van der Waals surface area contributed by atoms with Crippen LogP contribution in [0.5, 0.6) is 0 Å². The SMILES string of the molecule is CSC(C)(C)CNC(C)c1occc1Br. The largest absolute Gasteiger partial charge is 0.466 e. The van der Waals surface area contributed by atoms with Crippen LogP contribution in [-0.2, 0) is 0 Å². The molecule has 0 bridgehead atoms. The average molecular weight is 292 g/mol. The van der Waals surface area contributed by atoms with Crippen molar-refractivity contribution in [3.63, 3.8) is 0 Å². The fraction of sp³-hybridized carbons (Fsp3) is 0.636. The summed E-state index contributed by atoms with van der Waals surface area (Å²) < 4.78 is 6.70. The Labute approximate surface area is 104 Å². The van der Waals surface area contributed by atoms with Crippen LogP contribution in [0.15, 0.2) is 21.2 Å². The molecule has 1 N–H and O–H groups in total. The molecular weight excluding hydrogens is 274 g/mol. The highest BCUT2D eigenvalue weighted by Crippen LogP contribution is 2.26. The summed E-state index contributed by atoms with van der Waals surface area (Å²) in [6, 6.07) is 2.16. The fourth-order valence-corrected chi connectivity index (χ4v) is 1.95. The molecule has 0 aliphatic carbocycles. The van der Waals surface area contributed by atoms with Crippen molar-refractivity contribution < 1.29 is 4.42 Å². The first kappa shape index (κ1) is 13.1. The molecule has 0 aromatic carbocycles. The Morgan fingerprint density at radius 1 is 1.60 bits per heavy atom. The van der Waals surface area contributed by atoms with Crippen LogP contribution < -0.4 is 5.32 Å². The summed E-state index contributed by atoms with van der Waals surface area (Å²) in [6.45, 7) is 7.53. The van der Waals surface area contributed by atoms with Gasteiger partial charge in [0, 0.05) is 11.3 Å². The maximum Gasteiger partial charge on any atom is 0.134 e. The average Bonchev–Trinajstić information content (AvgIpc) is 2.61. The van der Waals surface area contributed by atoms with E-state index in [1.807, 2.05) is 17.8 Å². The quantitative estimate of drug-likeness (QED) is 0.892. The summed E-state index contributed by atoms with van der Waals surface area (Å²) in [5.41, 5.74) is 0. The third-order valence-electron chi connectivity index (χ3n) is 2.42. The Morgan fingerprint density at radius 2 is 2.27 bits per heavy atom. The number of hydrogen-bond donors (Lipinski definition) is 1. The highest BCUT2D eigenvalue weighted by molar-refractivity contribution is 9.10. The van der Waals surface area contributed by atoms with Crippen LogP contribution in [0.2, 0.25) is 0 Å². The highest BCUT2D eigenvalue weighted by atomic mass is 79.9. The molecule has 0 spiro atoms. The minimum Gasteiger partial charge on any atom is -0.466 e. The van der Waals surface area contributed by atoms with Crippen LogP contribution in [0, 0.1) is 0 Å². The van der Waals surface area contributed by atoms with Gasteiger partial charge in [-0.05, 0) is 49.0 Å². The molecule has 15 heavy (non-hydrogen) atoms. The topological polar surface area (TPSA) is 25.2 Å². The van der Waals surface area contributed by atoms with Gasteiger partial charge in [-0.1, -0.05) is 0 Å². The molecule has 1 rings (SSSR count). The summed E-state index contributed by atoms with van der Waals surface area (Å²) in [5, 5.41) is 3.47. The van der Waals surface area contributed by atoms with Crippen molar-refractivity contribution in [2.24, 2.45) is 0 Å². The van der Waals surface area contributed by atoms with Gasteiger partial charge in [0.25, 0.3) is 0 Å². The normalized spacial score (nSPS) is 14.2. The van der Waals surface area contributed by atoms with Crippen molar-refractivity contribution in [1.29, 1.82) is 0 Å². The molecule has 2 nitrogen and oxygen atoms in total. The van der Waals surface area contributed by atoms with Crippen molar-refractivity contribution in [2.75, 3.05) is 12.8 Å². The molecule has 1 atom stereocenters. The minimum absolute atomic E-state index is 0.237. The Hall–Kier alpha value is 0.0700. The van der Waals surface area contributed by atoms with E-state index in [1.165, 1.54) is 0 Å². The van der Waals surface area contributed by atoms with Gasteiger partial charge in [-0.25, -0.2) is 0 Å². The van der Waals surface area contributed by atoms with E-state index in [-0.39, 0.29) is 10.8 Å². The molecular formula is C11H18BrNOS. The lowest BCUT2D eigenvalue weighted by molar-refractivity contribution is 0.418. The number of rotatable bonds is 5. The summed E-state index contributed by atoms with van der Waals surface area (Å²) in [4.78, 5) is 0. The zero-order valence-electron chi connectivity index (χ0n) is 9.63. The van der Waals surface area contributed by atoms with Gasteiger partial charge in [0.15, 0.2) is 0 Å². The van der Waals surface area contributed by atoms with E-state index in [0.29, 0.717) is 0 Å². The number of hydrogen-bond acceptors (Lipinski definition) is 3. The van der Waals surface area contributed by atoms with E-state index in [9.17, 15) is 0 Å². The molecule has 0 radical (unpaired) electrons. The predicted molar refractivity (Wildman–Crippen MR) is 70.4 cm³/mol. The lowest BCUT2D eigenvalue weighted by atomic mass is 10.2. The van der Waals surface area contributed by atoms with E-state index in [2.05, 4.69) is 48.3 Å². The van der Waals surface area contributed by atoms with E-state index >= 15 is 0 Å². The first-order chi connectivity index (χ1) is 6.96. The second kappa shape index (κ2) is 5.41. The van der Waals surface area contributed by atoms with Gasteiger partial charge >= 0.3 is 0 Å². The number of halogens is 1. The van der Waals surface area contributed by atoms with E-state index in [4.69, 9.17) is 4.42 Å². The maximum absolute atomic E-state index is 5.41. The number of nitrogens with one attached hydrogen (secondary N) is 1. The summed E-state index contributed by atoms with van der Waals surface area (Å²) in [5.74, 6) is 0.965. The molecule has 0 saturated carbocycles. The molecule has 0 fully saturated rings. The van der Waals surface area contributed by atoms with Crippen LogP contribution in [0.3, 0.4) is 0 Å². The Balaban J connectivity index is 2.50. The minimum atomic E-state index is 0.237. The molecule has 0 amide bonds. The van der Waals surface area contributed by atoms with Crippen LogP contribution in [-0.4, -0.2) is 17.5 Å². The van der Waals surface area contributed by atoms with Crippen molar-refractivity contribution in [1.82, 2.24) is 5.32 Å². The smallest absolute Gasteiger partial charge is 0.134 e. The molecule has 0 saturated heterocycles. The van der Waals surface area contributed by atoms with Crippen LogP contribution in [0.25, 0.3) is 0 Å². The third-order valence-corrected chi connectivity index (χ3v) is 4.33. The van der Waals surface area contributed by atoms with Crippen molar-refractivity contribution in [3.8, 4) is 0 Å². The Kier molecular flexibility index (Phi) is 4.74. The Morgan fingerprint density at radius 3 is 2.73 bits per heavy atom. The standard InChI is InChI=1S/C11H18BrNOS/c1-8(10-9(12)5-6-14-10)13-7-11(2,3)15-4/h5-6,8,13H,7H2,1-4H3. The van der Waals surface area contributed by atoms with Gasteiger partial charge < -0.3 is 9.73 Å². The Bertz CT molecular complexity index is 311. The van der Waals surface area contributed by atoms with Gasteiger partial charge in [0.2, 0.25) is 0 Å². The number of furan rings is 1. The molecule has 1 unspecified atom stereocenters.